The fourth-order valence-corrected chi connectivity index (χ4v) is 5.30. The summed E-state index contributed by atoms with van der Waals surface area (Å²) >= 11 is 0. The minimum absolute atomic E-state index is 0.0211. The van der Waals surface area contributed by atoms with Gasteiger partial charge in [-0.1, -0.05) is 48.9 Å². The predicted octanol–water partition coefficient (Wildman–Crippen LogP) is 5.12. The molecule has 0 saturated heterocycles. The molecule has 3 N–H and O–H groups in total. The first kappa shape index (κ1) is 23.8. The number of guanidine groups is 1. The summed E-state index contributed by atoms with van der Waals surface area (Å²) in [4.78, 5) is 24.9. The minimum Gasteiger partial charge on any atom is -0.444 e. The van der Waals surface area contributed by atoms with Gasteiger partial charge in [-0.3, -0.25) is 20.8 Å². The van der Waals surface area contributed by atoms with Gasteiger partial charge in [0.15, 0.2) is 0 Å². The Balaban J connectivity index is 1.57. The van der Waals surface area contributed by atoms with Crippen LogP contribution in [0.3, 0.4) is 0 Å². The Kier molecular flexibility index (Phi) is 6.64. The maximum atomic E-state index is 13.0. The number of amides is 2. The molecule has 0 aliphatic heterocycles. The number of nitrogens with zero attached hydrogens (tertiary/aromatic N) is 1. The number of allylic oxidation sites excluding steroid dienone is 2. The number of benzene rings is 1. The van der Waals surface area contributed by atoms with Crippen LogP contribution in [0.5, 0.6) is 0 Å². The summed E-state index contributed by atoms with van der Waals surface area (Å²) < 4.78 is 7.25. The third kappa shape index (κ3) is 5.41. The maximum absolute atomic E-state index is 13.0. The van der Waals surface area contributed by atoms with E-state index in [1.54, 1.807) is 20.8 Å². The lowest BCUT2D eigenvalue weighted by Crippen LogP contribution is -2.46. The molecule has 2 aliphatic rings. The predicted molar refractivity (Wildman–Crippen MR) is 133 cm³/mol. The van der Waals surface area contributed by atoms with Crippen LogP contribution >= 0.6 is 0 Å². The summed E-state index contributed by atoms with van der Waals surface area (Å²) in [5, 5.41) is 12.8. The van der Waals surface area contributed by atoms with E-state index in [9.17, 15) is 9.59 Å². The van der Waals surface area contributed by atoms with Crippen LogP contribution in [0, 0.1) is 11.3 Å². The minimum atomic E-state index is -0.773. The van der Waals surface area contributed by atoms with Crippen LogP contribution in [0.2, 0.25) is 0 Å². The average molecular weight is 463 g/mol. The van der Waals surface area contributed by atoms with Crippen molar-refractivity contribution in [3.8, 4) is 11.3 Å². The molecule has 0 radical (unpaired) electrons. The Labute approximate surface area is 201 Å². The molecule has 2 bridgehead atoms. The lowest BCUT2D eigenvalue weighted by Gasteiger charge is -2.43. The topological polar surface area (TPSA) is 96.2 Å². The van der Waals surface area contributed by atoms with Gasteiger partial charge in [-0.25, -0.2) is 4.79 Å². The summed E-state index contributed by atoms with van der Waals surface area (Å²) in [6.45, 7) is 5.27. The largest absolute Gasteiger partial charge is 0.444 e. The summed E-state index contributed by atoms with van der Waals surface area (Å²) in [6.07, 6.45) is 9.44. The Morgan fingerprint density at radius 1 is 1.15 bits per heavy atom. The van der Waals surface area contributed by atoms with Crippen molar-refractivity contribution >= 4 is 18.0 Å². The Morgan fingerprint density at radius 2 is 1.91 bits per heavy atom. The van der Waals surface area contributed by atoms with Gasteiger partial charge in [0.1, 0.15) is 12.1 Å². The van der Waals surface area contributed by atoms with Gasteiger partial charge < -0.3 is 9.30 Å². The molecular weight excluding hydrogens is 428 g/mol. The van der Waals surface area contributed by atoms with E-state index < -0.39 is 17.7 Å². The number of nitrogens with one attached hydrogen (secondary N) is 3. The smallest absolute Gasteiger partial charge is 0.414 e. The normalized spacial score (nSPS) is 21.6. The average Bonchev–Trinajstić information content (AvgIpc) is 3.17. The van der Waals surface area contributed by atoms with Crippen LogP contribution in [0.25, 0.3) is 11.3 Å². The number of carbonyl (C=O) groups is 2. The highest BCUT2D eigenvalue weighted by atomic mass is 16.6. The van der Waals surface area contributed by atoms with E-state index in [0.717, 1.165) is 30.5 Å². The Morgan fingerprint density at radius 3 is 2.65 bits per heavy atom. The lowest BCUT2D eigenvalue weighted by molar-refractivity contribution is -0.120. The highest BCUT2D eigenvalue weighted by Gasteiger charge is 2.41. The summed E-state index contributed by atoms with van der Waals surface area (Å²) in [6, 6.07) is 14.3. The Bertz CT molecular complexity index is 1100. The Hall–Kier alpha value is -3.35. The van der Waals surface area contributed by atoms with E-state index in [0.29, 0.717) is 5.92 Å². The van der Waals surface area contributed by atoms with Gasteiger partial charge in [0.05, 0.1) is 0 Å². The number of hydrogen-bond donors (Lipinski definition) is 3. The van der Waals surface area contributed by atoms with Gasteiger partial charge in [0.2, 0.25) is 11.9 Å². The molecule has 1 aromatic heterocycles. The number of alkyl carbamates (subject to hydrolysis) is 1. The van der Waals surface area contributed by atoms with E-state index in [1.165, 1.54) is 18.5 Å². The van der Waals surface area contributed by atoms with Crippen LogP contribution in [0.1, 0.15) is 58.6 Å². The van der Waals surface area contributed by atoms with Gasteiger partial charge in [-0.2, -0.15) is 0 Å². The van der Waals surface area contributed by atoms with E-state index >= 15 is 0 Å². The highest BCUT2D eigenvalue weighted by Crippen LogP contribution is 2.49. The van der Waals surface area contributed by atoms with Gasteiger partial charge in [0, 0.05) is 16.8 Å². The van der Waals surface area contributed by atoms with Crippen molar-refractivity contribution in [2.24, 2.45) is 5.92 Å². The third-order valence-corrected chi connectivity index (χ3v) is 6.59. The molecule has 2 unspecified atom stereocenters. The first-order chi connectivity index (χ1) is 16.2. The van der Waals surface area contributed by atoms with Crippen LogP contribution in [0.15, 0.2) is 54.6 Å². The number of aromatic nitrogens is 1. The van der Waals surface area contributed by atoms with Gasteiger partial charge >= 0.3 is 6.09 Å². The zero-order chi connectivity index (χ0) is 24.3. The molecule has 1 fully saturated rings. The number of carbonyl (C=O) groups excluding carboxylic acids is 2. The van der Waals surface area contributed by atoms with E-state index in [1.807, 2.05) is 30.3 Å². The van der Waals surface area contributed by atoms with Crippen molar-refractivity contribution in [3.05, 3.63) is 60.3 Å². The van der Waals surface area contributed by atoms with Crippen LogP contribution in [0.4, 0.5) is 4.79 Å². The van der Waals surface area contributed by atoms with Crippen molar-refractivity contribution < 1.29 is 14.3 Å². The zero-order valence-corrected chi connectivity index (χ0v) is 20.2. The van der Waals surface area contributed by atoms with Crippen molar-refractivity contribution in [2.75, 3.05) is 0 Å². The molecule has 2 atom stereocenters. The second kappa shape index (κ2) is 9.49. The second-order valence-electron chi connectivity index (χ2n) is 10.4. The first-order valence-electron chi connectivity index (χ1n) is 12.0. The van der Waals surface area contributed by atoms with E-state index in [2.05, 4.69) is 39.5 Å². The molecule has 7 heteroatoms. The molecule has 1 aromatic carbocycles. The molecule has 2 aliphatic carbocycles. The molecule has 34 heavy (non-hydrogen) atoms. The first-order valence-corrected chi connectivity index (χ1v) is 12.0. The molecular formula is C27H34N4O3. The van der Waals surface area contributed by atoms with Crippen LogP contribution in [-0.2, 0) is 21.5 Å². The molecule has 4 rings (SSSR count). The standard InChI is InChI=1S/C27H34N4O3/c1-26(2,3)34-25(33)30-24(28)29-23(32)18-31-21(20-11-5-4-6-12-20)13-14-22(31)27-15-7-9-19(17-27)10-8-16-27/h4-7,9,11-14,19H,8,10,15-18H2,1-3H3,(H3,28,29,30,32,33). The summed E-state index contributed by atoms with van der Waals surface area (Å²) in [5.74, 6) is -0.178. The molecule has 7 nitrogen and oxygen atoms in total. The van der Waals surface area contributed by atoms with Gasteiger partial charge in [-0.15, -0.1) is 0 Å². The lowest BCUT2D eigenvalue weighted by atomic mass is 9.63. The van der Waals surface area contributed by atoms with Gasteiger partial charge in [0.25, 0.3) is 0 Å². The molecule has 2 aromatic rings. The monoisotopic (exact) mass is 462 g/mol. The molecule has 0 spiro atoms. The van der Waals surface area contributed by atoms with Crippen molar-refractivity contribution in [3.63, 3.8) is 0 Å². The SMILES string of the molecule is CC(C)(C)OC(=O)NC(=N)NC(=O)Cn1c(-c2ccccc2)ccc1C12CC=CC(CCC1)C2. The fraction of sp³-hybridized carbons (Fsp3) is 0.444. The van der Waals surface area contributed by atoms with E-state index in [4.69, 9.17) is 10.1 Å². The van der Waals surface area contributed by atoms with Crippen LogP contribution < -0.4 is 10.6 Å². The second-order valence-corrected chi connectivity index (χ2v) is 10.4. The highest BCUT2D eigenvalue weighted by molar-refractivity contribution is 6.01. The van der Waals surface area contributed by atoms with Crippen molar-refractivity contribution in [1.29, 1.82) is 5.41 Å². The maximum Gasteiger partial charge on any atom is 0.414 e. The molecule has 2 amide bonds. The molecule has 1 saturated carbocycles. The summed E-state index contributed by atoms with van der Waals surface area (Å²) in [5.41, 5.74) is 2.52. The van der Waals surface area contributed by atoms with Crippen molar-refractivity contribution in [2.45, 2.75) is 70.4 Å². The summed E-state index contributed by atoms with van der Waals surface area (Å²) in [7, 11) is 0. The van der Waals surface area contributed by atoms with E-state index in [-0.39, 0.29) is 17.9 Å². The number of ether oxygens (including phenoxy) is 1. The molecule has 180 valence electrons. The quantitative estimate of drug-likeness (QED) is 0.334. The third-order valence-electron chi connectivity index (χ3n) is 6.59. The van der Waals surface area contributed by atoms with Crippen molar-refractivity contribution in [1.82, 2.24) is 15.2 Å². The zero-order valence-electron chi connectivity index (χ0n) is 20.2. The molecule has 1 heterocycles. The number of fused-ring (bicyclic) bond motifs is 2. The fourth-order valence-electron chi connectivity index (χ4n) is 5.30. The van der Waals surface area contributed by atoms with Gasteiger partial charge in [-0.05, 0) is 70.1 Å². The number of hydrogen-bond acceptors (Lipinski definition) is 4. The van der Waals surface area contributed by atoms with Crippen LogP contribution in [-0.4, -0.2) is 28.1 Å². The number of rotatable bonds is 4.